The molecule has 2 radical (unpaired) electrons. The number of hydrogen-bond acceptors (Lipinski definition) is 3. The van der Waals surface area contributed by atoms with Crippen LogP contribution in [0.2, 0.25) is 13.1 Å². The molecule has 2 N–H and O–H groups in total. The zero-order valence-corrected chi connectivity index (χ0v) is 4.80. The number of hydrogen-bond donors (Lipinski definition) is 2. The summed E-state index contributed by atoms with van der Waals surface area (Å²) in [6.45, 7) is 4.31. The van der Waals surface area contributed by atoms with Crippen molar-refractivity contribution in [3.63, 3.8) is 0 Å². The Balaban J connectivity index is 0. The zero-order valence-electron chi connectivity index (χ0n) is 3.80. The molecule has 3 nitrogen and oxygen atoms in total. The van der Waals surface area contributed by atoms with Gasteiger partial charge in [-0.15, -0.1) is 0 Å². The molecular weight excluding hydrogens is 100 g/mol. The molecule has 0 bridgehead atoms. The van der Waals surface area contributed by atoms with Crippen molar-refractivity contribution < 1.29 is 15.6 Å². The van der Waals surface area contributed by atoms with Gasteiger partial charge in [-0.3, -0.25) is 0 Å². The predicted molar refractivity (Wildman–Crippen MR) is 23.8 cm³/mol. The van der Waals surface area contributed by atoms with E-state index in [1.165, 1.54) is 0 Å². The maximum absolute atomic E-state index is 6.62. The largest absolute Gasteiger partial charge is 0.221 e. The minimum absolute atomic E-state index is 1.08. The van der Waals surface area contributed by atoms with Gasteiger partial charge in [0.15, 0.2) is 0 Å². The molecule has 4 heteroatoms. The Hall–Kier alpha value is 0.0969. The summed E-state index contributed by atoms with van der Waals surface area (Å²) in [5.74, 6) is 0. The molecule has 0 amide bonds. The molecule has 0 aromatic carbocycles. The van der Waals surface area contributed by atoms with Gasteiger partial charge in [0.1, 0.15) is 0 Å². The van der Waals surface area contributed by atoms with Gasteiger partial charge in [-0.25, -0.2) is 10.5 Å². The van der Waals surface area contributed by atoms with Crippen molar-refractivity contribution in [1.82, 2.24) is 0 Å². The average Bonchev–Trinajstić information content (AvgIpc) is 1.39. The van der Waals surface area contributed by atoms with Crippen LogP contribution in [0.25, 0.3) is 0 Å². The van der Waals surface area contributed by atoms with Gasteiger partial charge >= 0.3 is 0 Å². The number of rotatable bonds is 0. The fraction of sp³-hybridized carbons (Fsp3) is 1.00. The van der Waals surface area contributed by atoms with Crippen molar-refractivity contribution in [3.8, 4) is 0 Å². The van der Waals surface area contributed by atoms with Crippen molar-refractivity contribution in [3.05, 3.63) is 0 Å². The summed E-state index contributed by atoms with van der Waals surface area (Å²) in [6, 6.07) is 0. The second-order valence-corrected chi connectivity index (χ2v) is 1.58. The standard InChI is InChI=1S/C2H6Si.H2O3/c2*1-3-2/h1-2H3;1-2H. The quantitative estimate of drug-likeness (QED) is 0.273. The van der Waals surface area contributed by atoms with Gasteiger partial charge in [-0.2, -0.15) is 0 Å². The second kappa shape index (κ2) is 19.5. The van der Waals surface area contributed by atoms with Gasteiger partial charge < -0.3 is 0 Å². The highest BCUT2D eigenvalue weighted by Gasteiger charge is 1.39. The van der Waals surface area contributed by atoms with Crippen LogP contribution in [-0.2, 0) is 5.04 Å². The van der Waals surface area contributed by atoms with Crippen molar-refractivity contribution >= 4 is 9.52 Å². The normalized spacial score (nSPS) is 6.00. The molecule has 0 aliphatic carbocycles. The van der Waals surface area contributed by atoms with Crippen LogP contribution in [0.1, 0.15) is 0 Å². The molecule has 0 aliphatic heterocycles. The van der Waals surface area contributed by atoms with Gasteiger partial charge in [-0.05, 0) is 0 Å². The second-order valence-electron chi connectivity index (χ2n) is 0.582. The summed E-state index contributed by atoms with van der Waals surface area (Å²) in [5.41, 5.74) is 0. The summed E-state index contributed by atoms with van der Waals surface area (Å²) in [4.78, 5) is 0. The molecule has 0 aliphatic rings. The molecule has 0 heterocycles. The minimum atomic E-state index is 1.08. The first-order chi connectivity index (χ1) is 2.83. The van der Waals surface area contributed by atoms with E-state index in [4.69, 9.17) is 10.5 Å². The molecule has 0 unspecified atom stereocenters. The zero-order chi connectivity index (χ0) is 5.41. The monoisotopic (exact) mass is 108 g/mol. The third kappa shape index (κ3) is 4190. The molecule has 0 spiro atoms. The van der Waals surface area contributed by atoms with Crippen LogP contribution in [0.15, 0.2) is 0 Å². The highest BCUT2D eigenvalue weighted by molar-refractivity contribution is 6.31. The van der Waals surface area contributed by atoms with Crippen molar-refractivity contribution in [2.45, 2.75) is 13.1 Å². The molecule has 0 saturated carbocycles. The van der Waals surface area contributed by atoms with Crippen LogP contribution in [0.3, 0.4) is 0 Å². The topological polar surface area (TPSA) is 49.7 Å². The Morgan fingerprint density at radius 2 is 1.33 bits per heavy atom. The fourth-order valence-corrected chi connectivity index (χ4v) is 0. The Morgan fingerprint density at radius 3 is 1.33 bits per heavy atom. The van der Waals surface area contributed by atoms with Crippen LogP contribution in [0.5, 0.6) is 0 Å². The van der Waals surface area contributed by atoms with Crippen LogP contribution in [0, 0.1) is 0 Å². The summed E-state index contributed by atoms with van der Waals surface area (Å²) < 4.78 is 0. The van der Waals surface area contributed by atoms with Crippen molar-refractivity contribution in [1.29, 1.82) is 0 Å². The van der Waals surface area contributed by atoms with Crippen LogP contribution < -0.4 is 0 Å². The molecule has 0 atom stereocenters. The lowest BCUT2D eigenvalue weighted by atomic mass is 11.9. The van der Waals surface area contributed by atoms with Gasteiger partial charge in [0.2, 0.25) is 0 Å². The lowest BCUT2D eigenvalue weighted by Crippen LogP contribution is -1.60. The maximum atomic E-state index is 6.62. The smallest absolute Gasteiger partial charge is 0.0307 e. The summed E-state index contributed by atoms with van der Waals surface area (Å²) in [5, 5.41) is 15.5. The maximum Gasteiger partial charge on any atom is 0.0307 e. The van der Waals surface area contributed by atoms with Gasteiger partial charge in [0.25, 0.3) is 0 Å². The molecule has 0 rings (SSSR count). The summed E-state index contributed by atoms with van der Waals surface area (Å²) >= 11 is 0. The van der Waals surface area contributed by atoms with E-state index < -0.39 is 0 Å². The summed E-state index contributed by atoms with van der Waals surface area (Å²) in [6.07, 6.45) is 0. The van der Waals surface area contributed by atoms with E-state index in [9.17, 15) is 0 Å². The van der Waals surface area contributed by atoms with Crippen LogP contribution >= 0.6 is 0 Å². The van der Waals surface area contributed by atoms with E-state index in [2.05, 4.69) is 18.1 Å². The first kappa shape index (κ1) is 9.44. The fourth-order valence-electron chi connectivity index (χ4n) is 0. The van der Waals surface area contributed by atoms with Crippen LogP contribution in [-0.4, -0.2) is 20.0 Å². The molecule has 6 heavy (non-hydrogen) atoms. The van der Waals surface area contributed by atoms with E-state index in [0.717, 1.165) is 9.52 Å². The molecule has 0 saturated heterocycles. The highest BCUT2D eigenvalue weighted by Crippen LogP contribution is 1.36. The molecular formula is C2H8O3Si. The molecule has 0 fully saturated rings. The first-order valence-corrected chi connectivity index (χ1v) is 3.37. The van der Waals surface area contributed by atoms with Crippen molar-refractivity contribution in [2.24, 2.45) is 0 Å². The lowest BCUT2D eigenvalue weighted by molar-refractivity contribution is -0.465. The van der Waals surface area contributed by atoms with E-state index in [1.54, 1.807) is 0 Å². The Kier molecular flexibility index (Phi) is 30.6. The summed E-state index contributed by atoms with van der Waals surface area (Å²) in [7, 11) is 1.08. The highest BCUT2D eigenvalue weighted by atomic mass is 28.2. The molecule has 38 valence electrons. The Labute approximate surface area is 39.2 Å². The molecule has 0 aromatic rings. The van der Waals surface area contributed by atoms with Crippen LogP contribution in [0.4, 0.5) is 0 Å². The first-order valence-electron chi connectivity index (χ1n) is 1.37. The third-order valence-corrected chi connectivity index (χ3v) is 0. The van der Waals surface area contributed by atoms with Gasteiger partial charge in [0, 0.05) is 9.52 Å². The van der Waals surface area contributed by atoms with E-state index in [0.29, 0.717) is 0 Å². The van der Waals surface area contributed by atoms with E-state index in [-0.39, 0.29) is 0 Å². The van der Waals surface area contributed by atoms with E-state index >= 15 is 0 Å². The molecule has 0 aromatic heterocycles. The van der Waals surface area contributed by atoms with Crippen molar-refractivity contribution in [2.75, 3.05) is 0 Å². The van der Waals surface area contributed by atoms with Gasteiger partial charge in [0.05, 0.1) is 0 Å². The lowest BCUT2D eigenvalue weighted by Gasteiger charge is -1.56. The average molecular weight is 108 g/mol. The predicted octanol–water partition coefficient (Wildman–Crippen LogP) is 0.736. The SMILES string of the molecule is C[Si]C.OOO. The van der Waals surface area contributed by atoms with E-state index in [1.807, 2.05) is 0 Å². The Bertz CT molecular complexity index is 10.8. The Morgan fingerprint density at radius 1 is 1.33 bits per heavy atom. The minimum Gasteiger partial charge on any atom is -0.221 e. The third-order valence-electron chi connectivity index (χ3n) is 0. The van der Waals surface area contributed by atoms with Gasteiger partial charge in [-0.1, -0.05) is 18.1 Å².